The number of carbonyl (C=O) groups is 4. The van der Waals surface area contributed by atoms with Crippen molar-refractivity contribution in [1.29, 1.82) is 0 Å². The number of primary amides is 1. The predicted octanol–water partition coefficient (Wildman–Crippen LogP) is 2.52. The lowest BCUT2D eigenvalue weighted by molar-refractivity contribution is -0.143. The van der Waals surface area contributed by atoms with E-state index in [4.69, 9.17) is 16.2 Å². The molecule has 0 aliphatic carbocycles. The van der Waals surface area contributed by atoms with Gasteiger partial charge in [0.25, 0.3) is 11.8 Å². The molecular formula is C23H25N5O5S2. The summed E-state index contributed by atoms with van der Waals surface area (Å²) in [6.45, 7) is 3.47. The Morgan fingerprint density at radius 3 is 2.40 bits per heavy atom. The van der Waals surface area contributed by atoms with Crippen molar-refractivity contribution in [3.8, 4) is 0 Å². The van der Waals surface area contributed by atoms with Gasteiger partial charge < -0.3 is 21.5 Å². The molecule has 1 atom stereocenters. The fourth-order valence-electron chi connectivity index (χ4n) is 3.30. The van der Waals surface area contributed by atoms with Gasteiger partial charge in [-0.2, -0.15) is 4.37 Å². The first-order valence-electron chi connectivity index (χ1n) is 10.7. The average molecular weight is 516 g/mol. The van der Waals surface area contributed by atoms with Gasteiger partial charge in [0.15, 0.2) is 11.7 Å². The van der Waals surface area contributed by atoms with Crippen molar-refractivity contribution in [2.45, 2.75) is 26.3 Å². The van der Waals surface area contributed by atoms with Gasteiger partial charge in [0.2, 0.25) is 5.91 Å². The Bertz CT molecular complexity index is 1210. The zero-order valence-corrected chi connectivity index (χ0v) is 20.8. The number of carbonyl (C=O) groups excluding carboxylic acids is 4. The molecule has 1 aromatic carbocycles. The second-order valence-electron chi connectivity index (χ2n) is 7.27. The van der Waals surface area contributed by atoms with Gasteiger partial charge in [-0.3, -0.25) is 24.1 Å². The predicted molar refractivity (Wildman–Crippen MR) is 134 cm³/mol. The van der Waals surface area contributed by atoms with Crippen LogP contribution in [0.4, 0.5) is 11.4 Å². The minimum atomic E-state index is -1.14. The maximum Gasteiger partial charge on any atom is 0.325 e. The van der Waals surface area contributed by atoms with E-state index in [9.17, 15) is 19.2 Å². The molecule has 0 bridgehead atoms. The Kier molecular flexibility index (Phi) is 8.55. The number of aryl methyl sites for hydroxylation is 1. The maximum atomic E-state index is 13.8. The average Bonchev–Trinajstić information content (AvgIpc) is 3.51. The molecule has 3 rings (SSSR count). The third kappa shape index (κ3) is 5.84. The fourth-order valence-corrected chi connectivity index (χ4v) is 4.86. The summed E-state index contributed by atoms with van der Waals surface area (Å²) in [5.74, 6) is -2.69. The number of benzene rings is 1. The van der Waals surface area contributed by atoms with Gasteiger partial charge in [-0.1, -0.05) is 25.1 Å². The minimum absolute atomic E-state index is 0.0295. The third-order valence-corrected chi connectivity index (χ3v) is 6.80. The topological polar surface area (TPSA) is 158 Å². The Labute approximate surface area is 210 Å². The van der Waals surface area contributed by atoms with Gasteiger partial charge in [-0.15, -0.1) is 11.3 Å². The number of rotatable bonds is 10. The second kappa shape index (κ2) is 11.6. The van der Waals surface area contributed by atoms with Crippen LogP contribution in [0.1, 0.15) is 50.5 Å². The van der Waals surface area contributed by atoms with E-state index in [1.807, 2.05) is 19.1 Å². The summed E-state index contributed by atoms with van der Waals surface area (Å²) in [7, 11) is 0. The molecule has 3 aromatic rings. The zero-order chi connectivity index (χ0) is 25.5. The highest BCUT2D eigenvalue weighted by atomic mass is 32.1. The van der Waals surface area contributed by atoms with Crippen LogP contribution in [0.25, 0.3) is 0 Å². The van der Waals surface area contributed by atoms with Gasteiger partial charge >= 0.3 is 5.97 Å². The smallest absolute Gasteiger partial charge is 0.325 e. The lowest BCUT2D eigenvalue weighted by atomic mass is 10.1. The lowest BCUT2D eigenvalue weighted by Gasteiger charge is -2.30. The van der Waals surface area contributed by atoms with E-state index in [0.717, 1.165) is 23.5 Å². The van der Waals surface area contributed by atoms with Crippen LogP contribution in [0.3, 0.4) is 0 Å². The van der Waals surface area contributed by atoms with Crippen molar-refractivity contribution in [3.63, 3.8) is 0 Å². The summed E-state index contributed by atoms with van der Waals surface area (Å²) >= 11 is 2.00. The lowest BCUT2D eigenvalue weighted by Crippen LogP contribution is -2.45. The van der Waals surface area contributed by atoms with Crippen LogP contribution in [-0.4, -0.2) is 41.2 Å². The molecule has 0 aliphatic heterocycles. The van der Waals surface area contributed by atoms with E-state index in [1.54, 1.807) is 36.6 Å². The van der Waals surface area contributed by atoms with Crippen molar-refractivity contribution in [3.05, 3.63) is 62.8 Å². The molecule has 12 heteroatoms. The van der Waals surface area contributed by atoms with Crippen LogP contribution in [0.15, 0.2) is 41.8 Å². The maximum absolute atomic E-state index is 13.8. The largest absolute Gasteiger partial charge is 0.465 e. The molecule has 184 valence electrons. The summed E-state index contributed by atoms with van der Waals surface area (Å²) in [5, 5.41) is 4.33. The number of anilines is 2. The number of thiophene rings is 1. The second-order valence-corrected chi connectivity index (χ2v) is 9.03. The number of esters is 1. The van der Waals surface area contributed by atoms with Crippen molar-refractivity contribution in [1.82, 2.24) is 9.69 Å². The van der Waals surface area contributed by atoms with Gasteiger partial charge in [0, 0.05) is 10.6 Å². The van der Waals surface area contributed by atoms with Gasteiger partial charge in [0.05, 0.1) is 12.3 Å². The molecule has 0 saturated carbocycles. The zero-order valence-electron chi connectivity index (χ0n) is 19.1. The molecule has 2 heterocycles. The number of ether oxygens (including phenoxy) is 1. The Morgan fingerprint density at radius 2 is 1.86 bits per heavy atom. The van der Waals surface area contributed by atoms with Gasteiger partial charge in [-0.25, -0.2) is 0 Å². The Balaban J connectivity index is 2.09. The molecule has 0 radical (unpaired) electrons. The molecule has 0 fully saturated rings. The number of nitrogen functional groups attached to an aromatic ring is 1. The Morgan fingerprint density at radius 1 is 1.14 bits per heavy atom. The fraction of sp³-hybridized carbons (Fsp3) is 0.261. The molecule has 5 N–H and O–H groups in total. The van der Waals surface area contributed by atoms with Gasteiger partial charge in [-0.05, 0) is 54.0 Å². The number of hydrogen-bond donors (Lipinski definition) is 3. The van der Waals surface area contributed by atoms with Crippen molar-refractivity contribution >= 4 is 57.9 Å². The molecule has 0 spiro atoms. The molecule has 2 aromatic heterocycles. The van der Waals surface area contributed by atoms with Crippen LogP contribution in [-0.2, 0) is 20.7 Å². The van der Waals surface area contributed by atoms with Crippen LogP contribution >= 0.6 is 22.9 Å². The molecule has 1 unspecified atom stereocenters. The summed E-state index contributed by atoms with van der Waals surface area (Å²) < 4.78 is 8.81. The highest BCUT2D eigenvalue weighted by Gasteiger charge is 2.36. The number of nitrogens with zero attached hydrogens (tertiary/aromatic N) is 2. The molecular weight excluding hydrogens is 490 g/mol. The monoisotopic (exact) mass is 515 g/mol. The van der Waals surface area contributed by atoms with Gasteiger partial charge in [0.1, 0.15) is 11.4 Å². The highest BCUT2D eigenvalue weighted by molar-refractivity contribution is 7.10. The number of nitrogens with two attached hydrogens (primary N) is 2. The molecule has 0 aliphatic rings. The quantitative estimate of drug-likeness (QED) is 0.350. The standard InChI is InChI=1S/C23H25N5O5S2/c1-3-13-7-9-14(10-8-13)28(23(32)20-17(24)18(21(25)30)27-35-20)19(15-6-5-11-34-15)22(31)26-12-16(29)33-4-2/h5-11,19H,3-4,12,24H2,1-2H3,(H2,25,30)(H,26,31). The summed E-state index contributed by atoms with van der Waals surface area (Å²) in [6.07, 6.45) is 0.784. The molecule has 0 saturated heterocycles. The van der Waals surface area contributed by atoms with Crippen molar-refractivity contribution in [2.75, 3.05) is 23.8 Å². The van der Waals surface area contributed by atoms with Crippen molar-refractivity contribution in [2.24, 2.45) is 5.73 Å². The van der Waals surface area contributed by atoms with Crippen molar-refractivity contribution < 1.29 is 23.9 Å². The summed E-state index contributed by atoms with van der Waals surface area (Å²) in [6, 6.07) is 9.48. The van der Waals surface area contributed by atoms with E-state index in [1.165, 1.54) is 16.2 Å². The normalized spacial score (nSPS) is 11.5. The molecule has 3 amide bonds. The number of nitrogens with one attached hydrogen (secondary N) is 1. The van der Waals surface area contributed by atoms with Crippen LogP contribution in [0.2, 0.25) is 0 Å². The van der Waals surface area contributed by atoms with E-state index in [0.29, 0.717) is 10.6 Å². The third-order valence-electron chi connectivity index (χ3n) is 5.03. The van der Waals surface area contributed by atoms with Crippen LogP contribution in [0.5, 0.6) is 0 Å². The minimum Gasteiger partial charge on any atom is -0.465 e. The first kappa shape index (κ1) is 25.8. The van der Waals surface area contributed by atoms with E-state index >= 15 is 0 Å². The molecule has 35 heavy (non-hydrogen) atoms. The molecule has 10 nitrogen and oxygen atoms in total. The summed E-state index contributed by atoms with van der Waals surface area (Å²) in [4.78, 5) is 52.5. The van der Waals surface area contributed by atoms with E-state index in [-0.39, 0.29) is 29.4 Å². The van der Waals surface area contributed by atoms with Crippen LogP contribution in [0, 0.1) is 0 Å². The van der Waals surface area contributed by atoms with E-state index < -0.39 is 29.7 Å². The SMILES string of the molecule is CCOC(=O)CNC(=O)C(c1cccs1)N(C(=O)c1snc(C(N)=O)c1N)c1ccc(CC)cc1. The number of aromatic nitrogens is 1. The number of hydrogen-bond acceptors (Lipinski definition) is 9. The van der Waals surface area contributed by atoms with E-state index in [2.05, 4.69) is 9.69 Å². The first-order chi connectivity index (χ1) is 16.8. The van der Waals surface area contributed by atoms with Crippen LogP contribution < -0.4 is 21.7 Å². The Hall–Kier alpha value is -3.77. The summed E-state index contributed by atoms with van der Waals surface area (Å²) in [5.41, 5.74) is 12.4. The first-order valence-corrected chi connectivity index (χ1v) is 12.4. The number of amides is 3. The highest BCUT2D eigenvalue weighted by Crippen LogP contribution is 2.34.